The van der Waals surface area contributed by atoms with Crippen LogP contribution in [-0.2, 0) is 0 Å². The third-order valence-electron chi connectivity index (χ3n) is 4.06. The van der Waals surface area contributed by atoms with Crippen molar-refractivity contribution in [2.75, 3.05) is 5.32 Å². The molecule has 0 fully saturated rings. The van der Waals surface area contributed by atoms with Crippen LogP contribution in [0.1, 0.15) is 10.4 Å². The second kappa shape index (κ2) is 8.10. The lowest BCUT2D eigenvalue weighted by Crippen LogP contribution is -2.34. The Balaban J connectivity index is 1.50. The van der Waals surface area contributed by atoms with E-state index < -0.39 is 11.7 Å². The molecule has 0 unspecified atom stereocenters. The summed E-state index contributed by atoms with van der Waals surface area (Å²) < 4.78 is 20.4. The van der Waals surface area contributed by atoms with E-state index in [1.165, 1.54) is 18.2 Å². The molecule has 3 aromatic carbocycles. The number of anilines is 1. The van der Waals surface area contributed by atoms with Crippen LogP contribution in [0.3, 0.4) is 0 Å². The molecular formula is C21H13BrFN3O2S. The summed E-state index contributed by atoms with van der Waals surface area (Å²) in [6, 6.07) is 18.6. The number of hydrogen-bond donors (Lipinski definition) is 2. The maximum atomic E-state index is 13.7. The fourth-order valence-corrected chi connectivity index (χ4v) is 3.34. The molecule has 0 atom stereocenters. The Labute approximate surface area is 179 Å². The summed E-state index contributed by atoms with van der Waals surface area (Å²) in [6.07, 6.45) is 0. The number of aromatic nitrogens is 1. The van der Waals surface area contributed by atoms with Crippen LogP contribution in [0.4, 0.5) is 10.1 Å². The lowest BCUT2D eigenvalue weighted by Gasteiger charge is -2.09. The fourth-order valence-electron chi connectivity index (χ4n) is 2.73. The van der Waals surface area contributed by atoms with Crippen molar-refractivity contribution >= 4 is 56.0 Å². The van der Waals surface area contributed by atoms with E-state index >= 15 is 0 Å². The molecule has 0 radical (unpaired) electrons. The summed E-state index contributed by atoms with van der Waals surface area (Å²) in [4.78, 5) is 16.7. The molecule has 8 heteroatoms. The summed E-state index contributed by atoms with van der Waals surface area (Å²) in [5.74, 6) is -0.745. The lowest BCUT2D eigenvalue weighted by molar-refractivity contribution is 0.0974. The van der Waals surface area contributed by atoms with E-state index in [4.69, 9.17) is 16.6 Å². The molecule has 0 aliphatic rings. The summed E-state index contributed by atoms with van der Waals surface area (Å²) in [6.45, 7) is 0. The van der Waals surface area contributed by atoms with E-state index in [1.54, 1.807) is 24.3 Å². The maximum Gasteiger partial charge on any atom is 0.260 e. The summed E-state index contributed by atoms with van der Waals surface area (Å²) >= 11 is 8.59. The monoisotopic (exact) mass is 469 g/mol. The zero-order valence-corrected chi connectivity index (χ0v) is 17.2. The highest BCUT2D eigenvalue weighted by Gasteiger charge is 2.13. The minimum atomic E-state index is -0.625. The number of fused-ring (bicyclic) bond motifs is 1. The first kappa shape index (κ1) is 19.2. The van der Waals surface area contributed by atoms with E-state index in [2.05, 4.69) is 31.5 Å². The third kappa shape index (κ3) is 4.33. The van der Waals surface area contributed by atoms with Crippen molar-refractivity contribution in [3.8, 4) is 11.5 Å². The van der Waals surface area contributed by atoms with Crippen LogP contribution in [0.5, 0.6) is 0 Å². The first-order chi connectivity index (χ1) is 14.0. The van der Waals surface area contributed by atoms with Crippen molar-refractivity contribution in [2.24, 2.45) is 0 Å². The van der Waals surface area contributed by atoms with Gasteiger partial charge in [0, 0.05) is 15.7 Å². The number of rotatable bonds is 3. The predicted octanol–water partition coefficient (Wildman–Crippen LogP) is 5.52. The third-order valence-corrected chi connectivity index (χ3v) is 4.76. The van der Waals surface area contributed by atoms with Gasteiger partial charge in [-0.2, -0.15) is 0 Å². The molecule has 144 valence electrons. The van der Waals surface area contributed by atoms with Gasteiger partial charge in [-0.25, -0.2) is 9.37 Å². The Hall–Kier alpha value is -3.10. The van der Waals surface area contributed by atoms with Gasteiger partial charge in [0.15, 0.2) is 10.7 Å². The van der Waals surface area contributed by atoms with Gasteiger partial charge < -0.3 is 9.73 Å². The summed E-state index contributed by atoms with van der Waals surface area (Å²) in [5, 5.41) is 5.41. The van der Waals surface area contributed by atoms with Crippen molar-refractivity contribution < 1.29 is 13.6 Å². The summed E-state index contributed by atoms with van der Waals surface area (Å²) in [5.41, 5.74) is 2.63. The van der Waals surface area contributed by atoms with Gasteiger partial charge in [0.05, 0.1) is 5.56 Å². The number of thiocarbonyl (C=S) groups is 1. The molecule has 4 aromatic rings. The number of benzene rings is 3. The Morgan fingerprint density at radius 1 is 1.07 bits per heavy atom. The highest BCUT2D eigenvalue weighted by atomic mass is 79.9. The number of carbonyl (C=O) groups is 1. The molecule has 0 aliphatic carbocycles. The zero-order chi connectivity index (χ0) is 20.4. The molecule has 0 saturated carbocycles. The van der Waals surface area contributed by atoms with Crippen LogP contribution >= 0.6 is 28.1 Å². The number of carbonyl (C=O) groups excluding carboxylic acids is 1. The Morgan fingerprint density at radius 3 is 2.69 bits per heavy atom. The van der Waals surface area contributed by atoms with Gasteiger partial charge in [0.25, 0.3) is 5.91 Å². The van der Waals surface area contributed by atoms with Crippen LogP contribution in [0.2, 0.25) is 0 Å². The van der Waals surface area contributed by atoms with Crippen LogP contribution in [0, 0.1) is 5.82 Å². The second-order valence-corrected chi connectivity index (χ2v) is 7.42. The average Bonchev–Trinajstić information content (AvgIpc) is 3.11. The van der Waals surface area contributed by atoms with Crippen LogP contribution in [0.25, 0.3) is 22.6 Å². The number of oxazole rings is 1. The van der Waals surface area contributed by atoms with Crippen molar-refractivity contribution in [3.05, 3.63) is 82.6 Å². The fraction of sp³-hybridized carbons (Fsp3) is 0. The molecule has 0 saturated heterocycles. The van der Waals surface area contributed by atoms with E-state index in [0.717, 1.165) is 10.0 Å². The molecule has 0 aliphatic heterocycles. The molecule has 29 heavy (non-hydrogen) atoms. The van der Waals surface area contributed by atoms with Crippen LogP contribution in [0.15, 0.2) is 75.6 Å². The van der Waals surface area contributed by atoms with E-state index in [-0.39, 0.29) is 10.7 Å². The van der Waals surface area contributed by atoms with Gasteiger partial charge in [0.1, 0.15) is 11.3 Å². The molecule has 0 spiro atoms. The Kier molecular flexibility index (Phi) is 5.37. The number of nitrogens with one attached hydrogen (secondary N) is 2. The minimum absolute atomic E-state index is 0.0494. The van der Waals surface area contributed by atoms with Gasteiger partial charge >= 0.3 is 0 Å². The SMILES string of the molecule is O=C(NC(=S)Nc1ccc2oc(-c3cccc(Br)c3)nc2c1)c1ccccc1F. The first-order valence-electron chi connectivity index (χ1n) is 8.53. The zero-order valence-electron chi connectivity index (χ0n) is 14.8. The predicted molar refractivity (Wildman–Crippen MR) is 117 cm³/mol. The molecular weight excluding hydrogens is 457 g/mol. The highest BCUT2D eigenvalue weighted by Crippen LogP contribution is 2.27. The van der Waals surface area contributed by atoms with Gasteiger partial charge in [0.2, 0.25) is 5.89 Å². The molecule has 2 N–H and O–H groups in total. The van der Waals surface area contributed by atoms with Crippen LogP contribution in [-0.4, -0.2) is 16.0 Å². The summed E-state index contributed by atoms with van der Waals surface area (Å²) in [7, 11) is 0. The van der Waals surface area contributed by atoms with Gasteiger partial charge in [-0.3, -0.25) is 10.1 Å². The van der Waals surface area contributed by atoms with Crippen molar-refractivity contribution in [3.63, 3.8) is 0 Å². The van der Waals surface area contributed by atoms with Crippen LogP contribution < -0.4 is 10.6 Å². The number of amides is 1. The lowest BCUT2D eigenvalue weighted by atomic mass is 10.2. The topological polar surface area (TPSA) is 67.2 Å². The van der Waals surface area contributed by atoms with Crippen molar-refractivity contribution in [2.45, 2.75) is 0 Å². The van der Waals surface area contributed by atoms with E-state index in [0.29, 0.717) is 22.7 Å². The minimum Gasteiger partial charge on any atom is -0.436 e. The van der Waals surface area contributed by atoms with Crippen molar-refractivity contribution in [1.82, 2.24) is 10.3 Å². The van der Waals surface area contributed by atoms with Gasteiger partial charge in [-0.1, -0.05) is 34.1 Å². The Morgan fingerprint density at radius 2 is 1.90 bits per heavy atom. The largest absolute Gasteiger partial charge is 0.436 e. The second-order valence-electron chi connectivity index (χ2n) is 6.10. The smallest absolute Gasteiger partial charge is 0.260 e. The molecule has 1 heterocycles. The first-order valence-corrected chi connectivity index (χ1v) is 9.73. The molecule has 4 rings (SSSR count). The number of halogens is 2. The van der Waals surface area contributed by atoms with Crippen molar-refractivity contribution in [1.29, 1.82) is 0 Å². The normalized spacial score (nSPS) is 10.7. The quantitative estimate of drug-likeness (QED) is 0.386. The van der Waals surface area contributed by atoms with E-state index in [9.17, 15) is 9.18 Å². The number of hydrogen-bond acceptors (Lipinski definition) is 4. The standard InChI is InChI=1S/C21H13BrFN3O2S/c22-13-5-3-4-12(10-13)20-25-17-11-14(8-9-18(17)28-20)24-21(29)26-19(27)15-6-1-2-7-16(15)23/h1-11H,(H2,24,26,27,29). The van der Waals surface area contributed by atoms with E-state index in [1.807, 2.05) is 24.3 Å². The maximum absolute atomic E-state index is 13.7. The Bertz CT molecular complexity index is 1240. The average molecular weight is 470 g/mol. The highest BCUT2D eigenvalue weighted by molar-refractivity contribution is 9.10. The van der Waals surface area contributed by atoms with Gasteiger partial charge in [-0.15, -0.1) is 0 Å². The molecule has 5 nitrogen and oxygen atoms in total. The van der Waals surface area contributed by atoms with Gasteiger partial charge in [-0.05, 0) is 60.7 Å². The molecule has 1 aromatic heterocycles. The molecule has 0 bridgehead atoms. The molecule has 1 amide bonds. The number of nitrogens with zero attached hydrogens (tertiary/aromatic N) is 1.